The number of hydrogen-bond donors (Lipinski definition) is 0. The van der Waals surface area contributed by atoms with Crippen molar-refractivity contribution in [1.29, 1.82) is 0 Å². The Morgan fingerprint density at radius 3 is 2.67 bits per heavy atom. The standard InChI is InChI=1S/C3H5NO5/c1-3(5)8-2-9-4(6)7/h2H2,1H3. The predicted octanol–water partition coefficient (Wildman–Crippen LogP) is -0.285. The number of esters is 1. The second kappa shape index (κ2) is 3.65. The van der Waals surface area contributed by atoms with Crippen LogP contribution in [0.3, 0.4) is 0 Å². The average molecular weight is 135 g/mol. The molecule has 0 amide bonds. The number of hydrogen-bond acceptors (Lipinski definition) is 5. The van der Waals surface area contributed by atoms with E-state index in [0.29, 0.717) is 0 Å². The van der Waals surface area contributed by atoms with Crippen molar-refractivity contribution >= 4 is 5.97 Å². The van der Waals surface area contributed by atoms with Gasteiger partial charge in [0.25, 0.3) is 5.09 Å². The highest BCUT2D eigenvalue weighted by atomic mass is 17.0. The maximum atomic E-state index is 9.90. The van der Waals surface area contributed by atoms with Gasteiger partial charge in [0.05, 0.1) is 0 Å². The van der Waals surface area contributed by atoms with Gasteiger partial charge in [0.15, 0.2) is 0 Å². The van der Waals surface area contributed by atoms with Crippen LogP contribution in [0.1, 0.15) is 6.92 Å². The molecule has 0 bridgehead atoms. The van der Waals surface area contributed by atoms with Crippen LogP contribution < -0.4 is 0 Å². The van der Waals surface area contributed by atoms with Gasteiger partial charge in [0, 0.05) is 6.92 Å². The first-order chi connectivity index (χ1) is 4.13. The molecule has 0 atom stereocenters. The Hall–Kier alpha value is -1.33. The summed E-state index contributed by atoms with van der Waals surface area (Å²) in [7, 11) is 0. The SMILES string of the molecule is CC(=O)OCO[N+](=O)[O-]. The van der Waals surface area contributed by atoms with E-state index in [1.807, 2.05) is 0 Å². The summed E-state index contributed by atoms with van der Waals surface area (Å²) in [5.41, 5.74) is 0. The van der Waals surface area contributed by atoms with Gasteiger partial charge in [-0.25, -0.2) is 0 Å². The van der Waals surface area contributed by atoms with Crippen LogP contribution >= 0.6 is 0 Å². The van der Waals surface area contributed by atoms with E-state index in [2.05, 4.69) is 9.57 Å². The molecule has 0 aliphatic heterocycles. The zero-order chi connectivity index (χ0) is 7.28. The molecule has 0 spiro atoms. The summed E-state index contributed by atoms with van der Waals surface area (Å²) >= 11 is 0. The highest BCUT2D eigenvalue weighted by molar-refractivity contribution is 5.65. The minimum atomic E-state index is -1.04. The van der Waals surface area contributed by atoms with Gasteiger partial charge in [-0.2, -0.15) is 0 Å². The quantitative estimate of drug-likeness (QED) is 0.230. The number of carbonyl (C=O) groups is 1. The Morgan fingerprint density at radius 1 is 1.78 bits per heavy atom. The number of rotatable bonds is 3. The largest absolute Gasteiger partial charge is 0.438 e. The van der Waals surface area contributed by atoms with Crippen molar-refractivity contribution in [3.63, 3.8) is 0 Å². The Kier molecular flexibility index (Phi) is 3.11. The molecule has 0 aliphatic rings. The van der Waals surface area contributed by atoms with Crippen LogP contribution in [0.5, 0.6) is 0 Å². The van der Waals surface area contributed by atoms with Crippen LogP contribution in [0.4, 0.5) is 0 Å². The van der Waals surface area contributed by atoms with Crippen molar-refractivity contribution in [2.24, 2.45) is 0 Å². The highest BCUT2D eigenvalue weighted by Gasteiger charge is 1.94. The maximum absolute atomic E-state index is 9.90. The van der Waals surface area contributed by atoms with Gasteiger partial charge in [-0.15, -0.1) is 10.1 Å². The summed E-state index contributed by atoms with van der Waals surface area (Å²) < 4.78 is 4.05. The molecule has 52 valence electrons. The molecule has 0 unspecified atom stereocenters. The second-order valence-corrected chi connectivity index (χ2v) is 1.11. The fourth-order valence-corrected chi connectivity index (χ4v) is 0.152. The van der Waals surface area contributed by atoms with Gasteiger partial charge in [0.2, 0.25) is 6.79 Å². The van der Waals surface area contributed by atoms with E-state index in [-0.39, 0.29) is 0 Å². The molecular weight excluding hydrogens is 130 g/mol. The van der Waals surface area contributed by atoms with E-state index in [4.69, 9.17) is 0 Å². The van der Waals surface area contributed by atoms with Crippen molar-refractivity contribution in [3.8, 4) is 0 Å². The number of ether oxygens (including phenoxy) is 1. The lowest BCUT2D eigenvalue weighted by Gasteiger charge is -1.96. The molecule has 0 aromatic carbocycles. The normalized spacial score (nSPS) is 8.11. The summed E-state index contributed by atoms with van der Waals surface area (Å²) in [6.45, 7) is 0.492. The third kappa shape index (κ3) is 6.67. The smallest absolute Gasteiger partial charge is 0.304 e. The van der Waals surface area contributed by atoms with Gasteiger partial charge in [0.1, 0.15) is 0 Å². The van der Waals surface area contributed by atoms with Crippen molar-refractivity contribution in [1.82, 2.24) is 0 Å². The molecule has 0 radical (unpaired) electrons. The average Bonchev–Trinajstić information content (AvgIpc) is 1.63. The Balaban J connectivity index is 3.10. The van der Waals surface area contributed by atoms with Crippen molar-refractivity contribution in [3.05, 3.63) is 10.1 Å². The lowest BCUT2D eigenvalue weighted by atomic mass is 10.8. The van der Waals surface area contributed by atoms with Crippen LogP contribution in [0.25, 0.3) is 0 Å². The molecule has 0 aromatic heterocycles. The van der Waals surface area contributed by atoms with Crippen LogP contribution in [-0.2, 0) is 14.4 Å². The highest BCUT2D eigenvalue weighted by Crippen LogP contribution is 1.78. The minimum absolute atomic E-state index is 0.614. The summed E-state index contributed by atoms with van der Waals surface area (Å²) in [5, 5.41) is 8.33. The molecule has 0 heterocycles. The van der Waals surface area contributed by atoms with Gasteiger partial charge >= 0.3 is 5.97 Å². The first kappa shape index (κ1) is 7.67. The molecular formula is C3H5NO5. The van der Waals surface area contributed by atoms with E-state index in [1.54, 1.807) is 0 Å². The zero-order valence-electron chi connectivity index (χ0n) is 4.70. The fraction of sp³-hybridized carbons (Fsp3) is 0.667. The Labute approximate surface area is 50.5 Å². The molecule has 0 saturated heterocycles. The molecule has 0 saturated carbocycles. The molecule has 0 fully saturated rings. The summed E-state index contributed by atoms with van der Waals surface area (Å²) in [6, 6.07) is 0. The Morgan fingerprint density at radius 2 is 2.33 bits per heavy atom. The van der Waals surface area contributed by atoms with Gasteiger partial charge in [-0.3, -0.25) is 9.63 Å². The lowest BCUT2D eigenvalue weighted by molar-refractivity contribution is -0.765. The van der Waals surface area contributed by atoms with Crippen LogP contribution in [0, 0.1) is 10.1 Å². The maximum Gasteiger partial charge on any atom is 0.304 e. The van der Waals surface area contributed by atoms with Gasteiger partial charge in [-0.1, -0.05) is 0 Å². The summed E-state index contributed by atoms with van der Waals surface area (Å²) in [4.78, 5) is 22.9. The Bertz CT molecular complexity index is 107. The van der Waals surface area contributed by atoms with Crippen LogP contribution in [0.15, 0.2) is 0 Å². The number of nitrogens with zero attached hydrogens (tertiary/aromatic N) is 1. The van der Waals surface area contributed by atoms with Crippen molar-refractivity contribution in [2.45, 2.75) is 6.92 Å². The van der Waals surface area contributed by atoms with Crippen molar-refractivity contribution < 1.29 is 19.5 Å². The zero-order valence-corrected chi connectivity index (χ0v) is 4.70. The fourth-order valence-electron chi connectivity index (χ4n) is 0.152. The minimum Gasteiger partial charge on any atom is -0.438 e. The molecule has 0 N–H and O–H groups in total. The van der Waals surface area contributed by atoms with E-state index in [0.717, 1.165) is 6.92 Å². The van der Waals surface area contributed by atoms with Gasteiger partial charge < -0.3 is 4.74 Å². The third-order valence-electron chi connectivity index (χ3n) is 0.420. The first-order valence-corrected chi connectivity index (χ1v) is 2.03. The third-order valence-corrected chi connectivity index (χ3v) is 0.420. The predicted molar refractivity (Wildman–Crippen MR) is 24.7 cm³/mol. The van der Waals surface area contributed by atoms with Crippen LogP contribution in [0.2, 0.25) is 0 Å². The number of carbonyl (C=O) groups excluding carboxylic acids is 1. The molecule has 6 nitrogen and oxygen atoms in total. The molecule has 6 heteroatoms. The van der Waals surface area contributed by atoms with E-state index >= 15 is 0 Å². The molecule has 0 aromatic rings. The van der Waals surface area contributed by atoms with Crippen LogP contribution in [-0.4, -0.2) is 17.8 Å². The van der Waals surface area contributed by atoms with E-state index in [1.165, 1.54) is 0 Å². The summed E-state index contributed by atoms with van der Waals surface area (Å²) in [6.07, 6.45) is 0. The summed E-state index contributed by atoms with van der Waals surface area (Å²) in [5.74, 6) is -0.614. The second-order valence-electron chi connectivity index (χ2n) is 1.11. The first-order valence-electron chi connectivity index (χ1n) is 2.03. The molecule has 9 heavy (non-hydrogen) atoms. The molecule has 0 rings (SSSR count). The monoisotopic (exact) mass is 135 g/mol. The van der Waals surface area contributed by atoms with Crippen molar-refractivity contribution in [2.75, 3.05) is 6.79 Å². The molecule has 0 aliphatic carbocycles. The van der Waals surface area contributed by atoms with Gasteiger partial charge in [-0.05, 0) is 0 Å². The lowest BCUT2D eigenvalue weighted by Crippen LogP contribution is -2.08. The van der Waals surface area contributed by atoms with E-state index < -0.39 is 17.8 Å². The topological polar surface area (TPSA) is 78.7 Å². The van der Waals surface area contributed by atoms with E-state index in [9.17, 15) is 14.9 Å².